The van der Waals surface area contributed by atoms with Crippen LogP contribution in [0.2, 0.25) is 5.02 Å². The van der Waals surface area contributed by atoms with Crippen molar-refractivity contribution in [2.75, 3.05) is 97.2 Å². The van der Waals surface area contributed by atoms with Gasteiger partial charge in [0.05, 0.1) is 22.7 Å². The van der Waals surface area contributed by atoms with Gasteiger partial charge in [0.1, 0.15) is 0 Å². The van der Waals surface area contributed by atoms with E-state index in [9.17, 15) is 37.1 Å². The number of para-hydroxylation sites is 1. The maximum atomic E-state index is 14.2. The number of hydrogen-bond donors (Lipinski definition) is 2. The lowest BCUT2D eigenvalue weighted by Crippen LogP contribution is -2.55. The summed E-state index contributed by atoms with van der Waals surface area (Å²) in [4.78, 5) is 75.6. The zero-order valence-corrected chi connectivity index (χ0v) is 34.8. The van der Waals surface area contributed by atoms with Crippen molar-refractivity contribution in [1.29, 1.82) is 0 Å². The third kappa shape index (κ3) is 11.3. The molecule has 328 valence electrons. The number of esters is 1. The molecule has 3 fully saturated rings. The standard InChI is InChI=1S/C41H54ClF3N8O7/c1-48(2)35(54)26-59-36(55)12-13-49-19-21-50(22-20-49)29-8-14-51(15-9-29)38(56)34(25-27-23-31(41(43,44)45)37(46)32(42)24-27)60-40(58)52-16-10-30(11-17-52)53-18-7-28-5-3-4-6-33(28)47-39(53)57/h3-6,23-24,29-30,34H,7-22,25-26,46H2,1-2H3,(H,47,57)/t34-/m1/s1. The number of ether oxygens (including phenoxy) is 2. The van der Waals surface area contributed by atoms with Crippen molar-refractivity contribution in [2.45, 2.75) is 69.3 Å². The summed E-state index contributed by atoms with van der Waals surface area (Å²) in [6, 6.07) is 9.60. The number of benzene rings is 2. The van der Waals surface area contributed by atoms with E-state index in [0.29, 0.717) is 58.3 Å². The van der Waals surface area contributed by atoms with Gasteiger partial charge in [-0.25, -0.2) is 9.59 Å². The van der Waals surface area contributed by atoms with E-state index >= 15 is 0 Å². The number of likely N-dealkylation sites (tertiary alicyclic amines) is 2. The number of rotatable bonds is 11. The number of carbonyl (C=O) groups is 5. The molecule has 2 aromatic rings. The molecule has 0 aromatic heterocycles. The molecule has 1 atom stereocenters. The third-order valence-electron chi connectivity index (χ3n) is 11.9. The number of nitrogens with two attached hydrogens (primary N) is 1. The Labute approximate surface area is 352 Å². The van der Waals surface area contributed by atoms with Gasteiger partial charge in [-0.1, -0.05) is 29.8 Å². The quantitative estimate of drug-likeness (QED) is 0.248. The normalized spacial score (nSPS) is 19.2. The van der Waals surface area contributed by atoms with Crippen molar-refractivity contribution in [1.82, 2.24) is 29.4 Å². The Morgan fingerprint density at radius 1 is 0.917 bits per heavy atom. The number of alkyl halides is 3. The summed E-state index contributed by atoms with van der Waals surface area (Å²) in [5.41, 5.74) is 5.78. The highest BCUT2D eigenvalue weighted by Crippen LogP contribution is 2.38. The molecular formula is C41H54ClF3N8O7. The maximum absolute atomic E-state index is 14.2. The van der Waals surface area contributed by atoms with E-state index in [0.717, 1.165) is 43.5 Å². The lowest BCUT2D eigenvalue weighted by molar-refractivity contribution is -0.151. The molecule has 0 radical (unpaired) electrons. The fraction of sp³-hybridized carbons (Fsp3) is 0.585. The maximum Gasteiger partial charge on any atom is 0.418 e. The molecule has 4 aliphatic heterocycles. The Morgan fingerprint density at radius 3 is 2.23 bits per heavy atom. The molecule has 3 N–H and O–H groups in total. The van der Waals surface area contributed by atoms with E-state index in [1.165, 1.54) is 15.9 Å². The van der Waals surface area contributed by atoms with Crippen LogP contribution in [0.15, 0.2) is 36.4 Å². The highest BCUT2D eigenvalue weighted by atomic mass is 35.5. The number of piperazine rings is 1. The minimum Gasteiger partial charge on any atom is -0.456 e. The monoisotopic (exact) mass is 862 g/mol. The van der Waals surface area contributed by atoms with Crippen LogP contribution in [-0.2, 0) is 42.9 Å². The lowest BCUT2D eigenvalue weighted by Gasteiger charge is -2.43. The van der Waals surface area contributed by atoms with Gasteiger partial charge in [-0.3, -0.25) is 19.3 Å². The van der Waals surface area contributed by atoms with Crippen molar-refractivity contribution in [3.8, 4) is 0 Å². The number of hydrogen-bond acceptors (Lipinski definition) is 10. The van der Waals surface area contributed by atoms with Crippen LogP contribution in [0.3, 0.4) is 0 Å². The average Bonchev–Trinajstić information content (AvgIpc) is 3.40. The van der Waals surface area contributed by atoms with Crippen LogP contribution in [-0.4, -0.2) is 164 Å². The summed E-state index contributed by atoms with van der Waals surface area (Å²) in [5, 5.41) is 2.66. The highest BCUT2D eigenvalue weighted by molar-refractivity contribution is 6.33. The second-order valence-corrected chi connectivity index (χ2v) is 16.4. The number of urea groups is 1. The smallest absolute Gasteiger partial charge is 0.418 e. The number of amides is 5. The summed E-state index contributed by atoms with van der Waals surface area (Å²) in [7, 11) is 3.19. The minimum atomic E-state index is -4.80. The molecule has 19 heteroatoms. The van der Waals surface area contributed by atoms with E-state index in [1.54, 1.807) is 23.9 Å². The van der Waals surface area contributed by atoms with Crippen molar-refractivity contribution < 1.29 is 46.6 Å². The molecule has 4 aliphatic rings. The molecule has 2 aromatic carbocycles. The molecule has 0 aliphatic carbocycles. The van der Waals surface area contributed by atoms with Crippen molar-refractivity contribution in [3.63, 3.8) is 0 Å². The van der Waals surface area contributed by atoms with Gasteiger partial charge in [0.15, 0.2) is 12.7 Å². The molecule has 0 bridgehead atoms. The molecular weight excluding hydrogens is 809 g/mol. The zero-order chi connectivity index (χ0) is 43.1. The Balaban J connectivity index is 1.04. The molecule has 0 spiro atoms. The molecule has 5 amide bonds. The number of nitrogens with one attached hydrogen (secondary N) is 1. The van der Waals surface area contributed by atoms with Crippen LogP contribution in [0.1, 0.15) is 48.8 Å². The second kappa shape index (κ2) is 19.7. The molecule has 15 nitrogen and oxygen atoms in total. The van der Waals surface area contributed by atoms with Crippen LogP contribution < -0.4 is 11.1 Å². The van der Waals surface area contributed by atoms with Crippen LogP contribution in [0.5, 0.6) is 0 Å². The zero-order valence-electron chi connectivity index (χ0n) is 34.1. The van der Waals surface area contributed by atoms with Crippen LogP contribution in [0.25, 0.3) is 0 Å². The van der Waals surface area contributed by atoms with Gasteiger partial charge in [0, 0.05) is 104 Å². The predicted molar refractivity (Wildman–Crippen MR) is 217 cm³/mol. The Hall–Kier alpha value is -4.81. The van der Waals surface area contributed by atoms with Gasteiger partial charge in [0.25, 0.3) is 11.8 Å². The number of nitrogens with zero attached hydrogens (tertiary/aromatic N) is 6. The first-order chi connectivity index (χ1) is 28.6. The molecule has 3 saturated heterocycles. The Bertz CT molecular complexity index is 1880. The molecule has 60 heavy (non-hydrogen) atoms. The number of anilines is 2. The van der Waals surface area contributed by atoms with E-state index in [2.05, 4.69) is 15.1 Å². The van der Waals surface area contributed by atoms with E-state index in [1.807, 2.05) is 24.3 Å². The number of piperidine rings is 2. The number of halogens is 4. The summed E-state index contributed by atoms with van der Waals surface area (Å²) in [6.45, 7) is 4.99. The van der Waals surface area contributed by atoms with Gasteiger partial charge in [-0.15, -0.1) is 0 Å². The number of likely N-dealkylation sites (N-methyl/N-ethyl adjacent to an activating group) is 1. The minimum absolute atomic E-state index is 0.0441. The van der Waals surface area contributed by atoms with E-state index in [-0.39, 0.29) is 67.1 Å². The Morgan fingerprint density at radius 2 is 1.57 bits per heavy atom. The predicted octanol–water partition coefficient (Wildman–Crippen LogP) is 4.17. The second-order valence-electron chi connectivity index (χ2n) is 16.0. The number of fused-ring (bicyclic) bond motifs is 1. The fourth-order valence-electron chi connectivity index (χ4n) is 8.31. The van der Waals surface area contributed by atoms with Crippen molar-refractivity contribution in [2.24, 2.45) is 0 Å². The van der Waals surface area contributed by atoms with Gasteiger partial charge < -0.3 is 45.0 Å². The summed E-state index contributed by atoms with van der Waals surface area (Å²) < 4.78 is 52.7. The molecule has 4 heterocycles. The number of carbonyl (C=O) groups excluding carboxylic acids is 5. The fourth-order valence-corrected chi connectivity index (χ4v) is 8.56. The van der Waals surface area contributed by atoms with E-state index in [4.69, 9.17) is 26.8 Å². The highest BCUT2D eigenvalue weighted by Gasteiger charge is 2.38. The first-order valence-electron chi connectivity index (χ1n) is 20.4. The first-order valence-corrected chi connectivity index (χ1v) is 20.8. The van der Waals surface area contributed by atoms with Crippen molar-refractivity contribution in [3.05, 3.63) is 58.1 Å². The topological polar surface area (TPSA) is 161 Å². The van der Waals surface area contributed by atoms with Gasteiger partial charge in [-0.05, 0) is 61.4 Å². The largest absolute Gasteiger partial charge is 0.456 e. The lowest BCUT2D eigenvalue weighted by atomic mass is 9.99. The Kier molecular flexibility index (Phi) is 14.7. The van der Waals surface area contributed by atoms with Gasteiger partial charge in [-0.2, -0.15) is 13.2 Å². The summed E-state index contributed by atoms with van der Waals surface area (Å²) >= 11 is 6.14. The van der Waals surface area contributed by atoms with Gasteiger partial charge >= 0.3 is 24.3 Å². The van der Waals surface area contributed by atoms with Crippen molar-refractivity contribution >= 4 is 52.9 Å². The van der Waals surface area contributed by atoms with Crippen LogP contribution in [0.4, 0.5) is 34.1 Å². The van der Waals surface area contributed by atoms with Crippen LogP contribution in [0, 0.1) is 0 Å². The molecule has 6 rings (SSSR count). The SMILES string of the molecule is CN(C)C(=O)COC(=O)CCN1CCN(C2CCN(C(=O)[C@@H](Cc3cc(Cl)c(N)c(C(F)(F)F)c3)OC(=O)N3CCC(N4CCc5ccccc5NC4=O)CC3)CC2)CC1. The van der Waals surface area contributed by atoms with E-state index < -0.39 is 41.5 Å². The summed E-state index contributed by atoms with van der Waals surface area (Å²) in [6.07, 6.45) is -4.23. The average molecular weight is 863 g/mol. The van der Waals surface area contributed by atoms with Crippen LogP contribution >= 0.6 is 11.6 Å². The number of nitrogen functional groups attached to an aromatic ring is 1. The third-order valence-corrected chi connectivity index (χ3v) is 12.2. The molecule has 0 unspecified atom stereocenters. The van der Waals surface area contributed by atoms with Gasteiger partial charge in [0.2, 0.25) is 0 Å². The first kappa shape index (κ1) is 44.7. The summed E-state index contributed by atoms with van der Waals surface area (Å²) in [5.74, 6) is -1.22. The molecule has 0 saturated carbocycles.